The summed E-state index contributed by atoms with van der Waals surface area (Å²) in [6.45, 7) is 2.15. The summed E-state index contributed by atoms with van der Waals surface area (Å²) in [5.41, 5.74) is 10.1. The molecule has 0 aliphatic carbocycles. The normalized spacial score (nSPS) is 14.0. The number of benzene rings is 4. The zero-order valence-electron chi connectivity index (χ0n) is 21.3. The summed E-state index contributed by atoms with van der Waals surface area (Å²) < 4.78 is 22.6. The van der Waals surface area contributed by atoms with Crippen molar-refractivity contribution in [2.45, 2.75) is 19.4 Å². The zero-order valence-corrected chi connectivity index (χ0v) is 21.3. The number of nitriles is 1. The van der Waals surface area contributed by atoms with Crippen LogP contribution in [-0.4, -0.2) is 12.6 Å². The van der Waals surface area contributed by atoms with Crippen molar-refractivity contribution in [3.8, 4) is 29.1 Å². The highest BCUT2D eigenvalue weighted by atomic mass is 16.6. The molecule has 1 heterocycles. The van der Waals surface area contributed by atoms with Gasteiger partial charge in [-0.1, -0.05) is 60.7 Å². The lowest BCUT2D eigenvalue weighted by Crippen LogP contribution is -2.21. The van der Waals surface area contributed by atoms with Gasteiger partial charge in [-0.05, 0) is 53.9 Å². The standard InChI is InChI=1S/C32H26N2O5/c1-21-6-5-9-25(16-21)37-20-30(35)38-26-14-15-27-29(17-26)39-32(34)28(18-33)31(27)23-10-12-24(13-11-23)36-19-22-7-3-2-4-8-22/h2-17,31H,19-20,34H2,1H3. The topological polar surface area (TPSA) is 104 Å². The minimum atomic E-state index is -0.559. The maximum Gasteiger partial charge on any atom is 0.349 e. The number of carbonyl (C=O) groups excluding carboxylic acids is 1. The summed E-state index contributed by atoms with van der Waals surface area (Å²) in [6, 6.07) is 32.1. The van der Waals surface area contributed by atoms with Gasteiger partial charge in [0, 0.05) is 11.6 Å². The van der Waals surface area contributed by atoms with Gasteiger partial charge in [0.15, 0.2) is 6.61 Å². The van der Waals surface area contributed by atoms with Crippen molar-refractivity contribution in [1.29, 1.82) is 5.26 Å². The van der Waals surface area contributed by atoms with Crippen molar-refractivity contribution in [2.75, 3.05) is 6.61 Å². The summed E-state index contributed by atoms with van der Waals surface area (Å²) >= 11 is 0. The number of allylic oxidation sites excluding steroid dienone is 1. The Kier molecular flexibility index (Phi) is 7.46. The number of rotatable bonds is 8. The van der Waals surface area contributed by atoms with E-state index in [2.05, 4.69) is 6.07 Å². The van der Waals surface area contributed by atoms with Crippen molar-refractivity contribution in [3.63, 3.8) is 0 Å². The first-order valence-electron chi connectivity index (χ1n) is 12.4. The fraction of sp³-hybridized carbons (Fsp3) is 0.125. The van der Waals surface area contributed by atoms with Crippen LogP contribution in [0.25, 0.3) is 0 Å². The average Bonchev–Trinajstić information content (AvgIpc) is 2.95. The van der Waals surface area contributed by atoms with E-state index in [1.807, 2.05) is 79.7 Å². The summed E-state index contributed by atoms with van der Waals surface area (Å²) in [5, 5.41) is 9.85. The molecule has 7 nitrogen and oxygen atoms in total. The quantitative estimate of drug-likeness (QED) is 0.233. The van der Waals surface area contributed by atoms with Crippen LogP contribution in [0.1, 0.15) is 28.2 Å². The lowest BCUT2D eigenvalue weighted by atomic mass is 9.83. The van der Waals surface area contributed by atoms with Crippen LogP contribution in [0.5, 0.6) is 23.0 Å². The van der Waals surface area contributed by atoms with E-state index < -0.39 is 11.9 Å². The minimum absolute atomic E-state index is 0.00524. The number of aryl methyl sites for hydroxylation is 1. The number of nitrogens with two attached hydrogens (primary N) is 1. The smallest absolute Gasteiger partial charge is 0.349 e. The molecule has 0 amide bonds. The molecule has 2 N–H and O–H groups in total. The molecular weight excluding hydrogens is 492 g/mol. The predicted molar refractivity (Wildman–Crippen MR) is 145 cm³/mol. The second-order valence-corrected chi connectivity index (χ2v) is 9.05. The van der Waals surface area contributed by atoms with E-state index in [4.69, 9.17) is 24.7 Å². The van der Waals surface area contributed by atoms with Gasteiger partial charge in [0.1, 0.15) is 41.2 Å². The molecule has 7 heteroatoms. The number of ether oxygens (including phenoxy) is 4. The fourth-order valence-electron chi connectivity index (χ4n) is 4.35. The van der Waals surface area contributed by atoms with Crippen LogP contribution in [0.3, 0.4) is 0 Å². The second kappa shape index (κ2) is 11.4. The van der Waals surface area contributed by atoms with Gasteiger partial charge in [0.05, 0.1) is 5.92 Å². The van der Waals surface area contributed by atoms with Gasteiger partial charge in [0.25, 0.3) is 0 Å². The van der Waals surface area contributed by atoms with Gasteiger partial charge in [-0.15, -0.1) is 0 Å². The molecular formula is C32H26N2O5. The van der Waals surface area contributed by atoms with Crippen molar-refractivity contribution >= 4 is 5.97 Å². The molecule has 4 aromatic carbocycles. The van der Waals surface area contributed by atoms with Gasteiger partial charge < -0.3 is 24.7 Å². The molecule has 0 saturated heterocycles. The summed E-state index contributed by atoms with van der Waals surface area (Å²) in [6.07, 6.45) is 0. The van der Waals surface area contributed by atoms with Gasteiger partial charge in [0.2, 0.25) is 5.88 Å². The van der Waals surface area contributed by atoms with Crippen molar-refractivity contribution in [2.24, 2.45) is 5.73 Å². The Bertz CT molecular complexity index is 1560. The van der Waals surface area contributed by atoms with Gasteiger partial charge in [-0.2, -0.15) is 5.26 Å². The van der Waals surface area contributed by atoms with E-state index in [0.717, 1.165) is 22.3 Å². The second-order valence-electron chi connectivity index (χ2n) is 9.05. The molecule has 1 aliphatic rings. The van der Waals surface area contributed by atoms with Gasteiger partial charge in [-0.3, -0.25) is 0 Å². The summed E-state index contributed by atoms with van der Waals surface area (Å²) in [7, 11) is 0. The van der Waals surface area contributed by atoms with Crippen molar-refractivity contribution in [1.82, 2.24) is 0 Å². The molecule has 1 aliphatic heterocycles. The van der Waals surface area contributed by atoms with Crippen LogP contribution < -0.4 is 24.7 Å². The molecule has 194 valence electrons. The molecule has 1 atom stereocenters. The molecule has 0 bridgehead atoms. The van der Waals surface area contributed by atoms with Crippen LogP contribution in [0.2, 0.25) is 0 Å². The monoisotopic (exact) mass is 518 g/mol. The first-order valence-corrected chi connectivity index (χ1v) is 12.4. The molecule has 0 fully saturated rings. The van der Waals surface area contributed by atoms with Gasteiger partial charge >= 0.3 is 5.97 Å². The van der Waals surface area contributed by atoms with Crippen LogP contribution >= 0.6 is 0 Å². The van der Waals surface area contributed by atoms with Crippen LogP contribution in [0, 0.1) is 18.3 Å². The SMILES string of the molecule is Cc1cccc(OCC(=O)Oc2ccc3c(c2)OC(N)=C(C#N)C3c2ccc(OCc3ccccc3)cc2)c1. The molecule has 39 heavy (non-hydrogen) atoms. The third-order valence-corrected chi connectivity index (χ3v) is 6.23. The third-order valence-electron chi connectivity index (χ3n) is 6.23. The minimum Gasteiger partial charge on any atom is -0.489 e. The molecule has 1 unspecified atom stereocenters. The lowest BCUT2D eigenvalue weighted by molar-refractivity contribution is -0.136. The van der Waals surface area contributed by atoms with E-state index in [-0.39, 0.29) is 18.2 Å². The molecule has 0 radical (unpaired) electrons. The number of fused-ring (bicyclic) bond motifs is 1. The zero-order chi connectivity index (χ0) is 27.2. The van der Waals surface area contributed by atoms with Crippen LogP contribution in [0.4, 0.5) is 0 Å². The molecule has 0 aromatic heterocycles. The Morgan fingerprint density at radius 1 is 0.897 bits per heavy atom. The Labute approximate surface area is 226 Å². The van der Waals surface area contributed by atoms with Crippen molar-refractivity contribution in [3.05, 3.63) is 131 Å². The predicted octanol–water partition coefficient (Wildman–Crippen LogP) is 5.78. The number of carbonyl (C=O) groups is 1. The maximum absolute atomic E-state index is 12.4. The molecule has 0 saturated carbocycles. The van der Waals surface area contributed by atoms with Crippen LogP contribution in [-0.2, 0) is 11.4 Å². The summed E-state index contributed by atoms with van der Waals surface area (Å²) in [4.78, 5) is 12.4. The third kappa shape index (κ3) is 6.03. The number of nitrogens with zero attached hydrogens (tertiary/aromatic N) is 1. The first kappa shape index (κ1) is 25.4. The lowest BCUT2D eigenvalue weighted by Gasteiger charge is -2.26. The molecule has 5 rings (SSSR count). The Morgan fingerprint density at radius 3 is 2.41 bits per heavy atom. The largest absolute Gasteiger partial charge is 0.489 e. The Hall–Kier alpha value is -5.22. The highest BCUT2D eigenvalue weighted by Gasteiger charge is 2.31. The highest BCUT2D eigenvalue weighted by Crippen LogP contribution is 2.43. The van der Waals surface area contributed by atoms with Crippen molar-refractivity contribution < 1.29 is 23.7 Å². The maximum atomic E-state index is 12.4. The van der Waals surface area contributed by atoms with E-state index in [1.54, 1.807) is 24.3 Å². The van der Waals surface area contributed by atoms with E-state index in [9.17, 15) is 10.1 Å². The summed E-state index contributed by atoms with van der Waals surface area (Å²) in [5.74, 6) is 0.981. The first-order chi connectivity index (χ1) is 19.0. The molecule has 4 aromatic rings. The Balaban J connectivity index is 1.31. The Morgan fingerprint density at radius 2 is 1.67 bits per heavy atom. The molecule has 0 spiro atoms. The van der Waals surface area contributed by atoms with E-state index in [1.165, 1.54) is 0 Å². The van der Waals surface area contributed by atoms with Gasteiger partial charge in [-0.25, -0.2) is 4.79 Å². The highest BCUT2D eigenvalue weighted by molar-refractivity contribution is 5.74. The van der Waals surface area contributed by atoms with Crippen LogP contribution in [0.15, 0.2) is 109 Å². The average molecular weight is 519 g/mol. The number of hydrogen-bond acceptors (Lipinski definition) is 7. The number of esters is 1. The number of hydrogen-bond donors (Lipinski definition) is 1. The van der Waals surface area contributed by atoms with E-state index >= 15 is 0 Å². The van der Waals surface area contributed by atoms with E-state index in [0.29, 0.717) is 29.4 Å². The fourth-order valence-corrected chi connectivity index (χ4v) is 4.35.